The lowest BCUT2D eigenvalue weighted by atomic mass is 10.1. The van der Waals surface area contributed by atoms with Crippen molar-refractivity contribution in [3.63, 3.8) is 0 Å². The lowest BCUT2D eigenvalue weighted by Crippen LogP contribution is -2.31. The van der Waals surface area contributed by atoms with Gasteiger partial charge in [0.15, 0.2) is 0 Å². The highest BCUT2D eigenvalue weighted by molar-refractivity contribution is 6.21. The van der Waals surface area contributed by atoms with Gasteiger partial charge in [0.05, 0.1) is 11.9 Å². The van der Waals surface area contributed by atoms with Crippen molar-refractivity contribution in [1.82, 2.24) is 5.32 Å². The number of nitrogens with zero attached hydrogens (tertiary/aromatic N) is 2. The Morgan fingerprint density at radius 2 is 2.10 bits per heavy atom. The molecule has 0 saturated carbocycles. The standard InChI is InChI=1S/C14H15N3O3/c1-9(2)7-12-13(18)17(14(19)16-12)11-5-3-10(4-6-11)8-15-20/h3-6,8,12,20H,1,7H2,2H3,(H,16,19). The summed E-state index contributed by atoms with van der Waals surface area (Å²) in [5, 5.41) is 14.0. The predicted molar refractivity (Wildman–Crippen MR) is 75.1 cm³/mol. The van der Waals surface area contributed by atoms with Crippen LogP contribution in [0.25, 0.3) is 0 Å². The van der Waals surface area contributed by atoms with Crippen molar-refractivity contribution in [1.29, 1.82) is 0 Å². The molecule has 1 fully saturated rings. The topological polar surface area (TPSA) is 82.0 Å². The van der Waals surface area contributed by atoms with Crippen LogP contribution >= 0.6 is 0 Å². The normalized spacial score (nSPS) is 18.6. The molecule has 1 aliphatic rings. The maximum Gasteiger partial charge on any atom is 0.329 e. The van der Waals surface area contributed by atoms with E-state index in [-0.39, 0.29) is 5.91 Å². The first-order chi connectivity index (χ1) is 9.52. The van der Waals surface area contributed by atoms with E-state index in [0.717, 1.165) is 10.5 Å². The number of amides is 3. The lowest BCUT2D eigenvalue weighted by Gasteiger charge is -2.13. The fourth-order valence-electron chi connectivity index (χ4n) is 2.04. The molecule has 1 atom stereocenters. The Kier molecular flexibility index (Phi) is 3.84. The summed E-state index contributed by atoms with van der Waals surface area (Å²) in [6.45, 7) is 5.56. The van der Waals surface area contributed by atoms with E-state index >= 15 is 0 Å². The summed E-state index contributed by atoms with van der Waals surface area (Å²) in [5.74, 6) is -0.290. The average molecular weight is 273 g/mol. The second-order valence-electron chi connectivity index (χ2n) is 4.67. The van der Waals surface area contributed by atoms with Gasteiger partial charge in [-0.05, 0) is 31.0 Å². The molecule has 3 amide bonds. The third-order valence-electron chi connectivity index (χ3n) is 2.93. The summed E-state index contributed by atoms with van der Waals surface area (Å²) in [5.41, 5.74) is 1.98. The first kappa shape index (κ1) is 13.8. The number of carbonyl (C=O) groups is 2. The zero-order chi connectivity index (χ0) is 14.7. The van der Waals surface area contributed by atoms with Gasteiger partial charge in [-0.1, -0.05) is 22.9 Å². The average Bonchev–Trinajstić information content (AvgIpc) is 2.65. The molecule has 20 heavy (non-hydrogen) atoms. The lowest BCUT2D eigenvalue weighted by molar-refractivity contribution is -0.118. The zero-order valence-electron chi connectivity index (χ0n) is 11.0. The Labute approximate surface area is 116 Å². The maximum atomic E-state index is 12.2. The number of benzene rings is 1. The van der Waals surface area contributed by atoms with Crippen LogP contribution in [0.2, 0.25) is 0 Å². The molecule has 0 aromatic heterocycles. The number of urea groups is 1. The molecule has 1 heterocycles. The number of oxime groups is 1. The SMILES string of the molecule is C=C(C)CC1NC(=O)N(c2ccc(C=NO)cc2)C1=O. The third-order valence-corrected chi connectivity index (χ3v) is 2.93. The number of hydrogen-bond donors (Lipinski definition) is 2. The monoisotopic (exact) mass is 273 g/mol. The second-order valence-corrected chi connectivity index (χ2v) is 4.67. The number of imide groups is 1. The summed E-state index contributed by atoms with van der Waals surface area (Å²) in [6.07, 6.45) is 1.69. The van der Waals surface area contributed by atoms with Gasteiger partial charge < -0.3 is 10.5 Å². The molecule has 0 bridgehead atoms. The molecule has 6 heteroatoms. The quantitative estimate of drug-likeness (QED) is 0.289. The molecule has 1 aromatic carbocycles. The van der Waals surface area contributed by atoms with Gasteiger partial charge in [0, 0.05) is 0 Å². The maximum absolute atomic E-state index is 12.2. The highest BCUT2D eigenvalue weighted by Gasteiger charge is 2.38. The van der Waals surface area contributed by atoms with Crippen LogP contribution in [-0.4, -0.2) is 29.4 Å². The fourth-order valence-corrected chi connectivity index (χ4v) is 2.04. The van der Waals surface area contributed by atoms with E-state index < -0.39 is 12.1 Å². The van der Waals surface area contributed by atoms with Crippen LogP contribution in [0.15, 0.2) is 41.6 Å². The Morgan fingerprint density at radius 1 is 1.45 bits per heavy atom. The van der Waals surface area contributed by atoms with Gasteiger partial charge in [-0.15, -0.1) is 6.58 Å². The third kappa shape index (κ3) is 2.69. The van der Waals surface area contributed by atoms with Crippen LogP contribution < -0.4 is 10.2 Å². The fraction of sp³-hybridized carbons (Fsp3) is 0.214. The molecule has 2 rings (SSSR count). The van der Waals surface area contributed by atoms with E-state index in [1.165, 1.54) is 6.21 Å². The molecule has 1 aromatic rings. The van der Waals surface area contributed by atoms with Crippen molar-refractivity contribution in [2.75, 3.05) is 4.90 Å². The minimum atomic E-state index is -0.557. The molecule has 0 aliphatic carbocycles. The number of anilines is 1. The molecular formula is C14H15N3O3. The Balaban J connectivity index is 2.21. The van der Waals surface area contributed by atoms with Crippen molar-refractivity contribution in [3.05, 3.63) is 42.0 Å². The molecule has 1 aliphatic heterocycles. The van der Waals surface area contributed by atoms with E-state index in [9.17, 15) is 9.59 Å². The first-order valence-electron chi connectivity index (χ1n) is 6.09. The molecule has 2 N–H and O–H groups in total. The van der Waals surface area contributed by atoms with Crippen molar-refractivity contribution in [3.8, 4) is 0 Å². The summed E-state index contributed by atoms with van der Waals surface area (Å²) >= 11 is 0. The van der Waals surface area contributed by atoms with Gasteiger partial charge in [-0.25, -0.2) is 9.69 Å². The van der Waals surface area contributed by atoms with Crippen molar-refractivity contribution >= 4 is 23.8 Å². The molecular weight excluding hydrogens is 258 g/mol. The summed E-state index contributed by atoms with van der Waals surface area (Å²) in [7, 11) is 0. The van der Waals surface area contributed by atoms with Crippen LogP contribution in [0.5, 0.6) is 0 Å². The van der Waals surface area contributed by atoms with Crippen LogP contribution in [-0.2, 0) is 4.79 Å². The van der Waals surface area contributed by atoms with E-state index in [1.54, 1.807) is 24.3 Å². The van der Waals surface area contributed by atoms with Gasteiger partial charge in [0.25, 0.3) is 5.91 Å². The highest BCUT2D eigenvalue weighted by atomic mass is 16.4. The Bertz CT molecular complexity index is 578. The van der Waals surface area contributed by atoms with Crippen LogP contribution in [0, 0.1) is 0 Å². The smallest absolute Gasteiger partial charge is 0.329 e. The first-order valence-corrected chi connectivity index (χ1v) is 6.09. The van der Waals surface area contributed by atoms with Crippen LogP contribution in [0.4, 0.5) is 10.5 Å². The van der Waals surface area contributed by atoms with E-state index in [2.05, 4.69) is 17.1 Å². The van der Waals surface area contributed by atoms with Gasteiger partial charge in [-0.2, -0.15) is 0 Å². The highest BCUT2D eigenvalue weighted by Crippen LogP contribution is 2.22. The molecule has 1 unspecified atom stereocenters. The van der Waals surface area contributed by atoms with E-state index in [4.69, 9.17) is 5.21 Å². The van der Waals surface area contributed by atoms with Gasteiger partial charge in [0.1, 0.15) is 6.04 Å². The Hall–Kier alpha value is -2.63. The minimum Gasteiger partial charge on any atom is -0.411 e. The number of carbonyl (C=O) groups excluding carboxylic acids is 2. The minimum absolute atomic E-state index is 0.290. The molecule has 6 nitrogen and oxygen atoms in total. The Morgan fingerprint density at radius 3 is 2.65 bits per heavy atom. The van der Waals surface area contributed by atoms with E-state index in [0.29, 0.717) is 17.7 Å². The predicted octanol–water partition coefficient (Wildman–Crippen LogP) is 1.89. The summed E-state index contributed by atoms with van der Waals surface area (Å²) < 4.78 is 0. The van der Waals surface area contributed by atoms with Gasteiger partial charge in [0.2, 0.25) is 0 Å². The molecule has 1 saturated heterocycles. The molecule has 0 spiro atoms. The van der Waals surface area contributed by atoms with Crippen LogP contribution in [0.3, 0.4) is 0 Å². The van der Waals surface area contributed by atoms with Crippen LogP contribution in [0.1, 0.15) is 18.9 Å². The summed E-state index contributed by atoms with van der Waals surface area (Å²) in [6, 6.07) is 5.56. The van der Waals surface area contributed by atoms with Gasteiger partial charge >= 0.3 is 6.03 Å². The molecule has 0 radical (unpaired) electrons. The van der Waals surface area contributed by atoms with Gasteiger partial charge in [-0.3, -0.25) is 4.79 Å². The van der Waals surface area contributed by atoms with Crippen molar-refractivity contribution in [2.45, 2.75) is 19.4 Å². The number of hydrogen-bond acceptors (Lipinski definition) is 4. The largest absolute Gasteiger partial charge is 0.411 e. The number of rotatable bonds is 4. The zero-order valence-corrected chi connectivity index (χ0v) is 11.0. The second kappa shape index (κ2) is 5.56. The van der Waals surface area contributed by atoms with Crippen molar-refractivity contribution in [2.24, 2.45) is 5.16 Å². The van der Waals surface area contributed by atoms with Crippen molar-refractivity contribution < 1.29 is 14.8 Å². The van der Waals surface area contributed by atoms with E-state index in [1.807, 2.05) is 6.92 Å². The number of nitrogens with one attached hydrogen (secondary N) is 1. The summed E-state index contributed by atoms with van der Waals surface area (Å²) in [4.78, 5) is 25.2. The molecule has 104 valence electrons.